The van der Waals surface area contributed by atoms with Crippen molar-refractivity contribution >= 4 is 11.0 Å². The second-order valence-electron chi connectivity index (χ2n) is 8.68. The molecule has 0 bridgehead atoms. The first kappa shape index (κ1) is 23.7. The lowest BCUT2D eigenvalue weighted by molar-refractivity contribution is 0.119. The Morgan fingerprint density at radius 1 is 1.13 bits per heavy atom. The fraction of sp³-hybridized carbons (Fsp3) is 0.556. The van der Waals surface area contributed by atoms with Gasteiger partial charge in [0.1, 0.15) is 12.4 Å². The molecule has 0 atom stereocenters. The predicted octanol–water partition coefficient (Wildman–Crippen LogP) is 8.29. The molecule has 0 radical (unpaired) electrons. The number of benzene rings is 1. The molecular formula is C27H36F2O2. The van der Waals surface area contributed by atoms with Gasteiger partial charge in [0.15, 0.2) is 11.4 Å². The lowest BCUT2D eigenvalue weighted by Gasteiger charge is -2.29. The second-order valence-corrected chi connectivity index (χ2v) is 8.68. The van der Waals surface area contributed by atoms with Crippen molar-refractivity contribution in [2.24, 2.45) is 11.8 Å². The summed E-state index contributed by atoms with van der Waals surface area (Å²) in [5.41, 5.74) is 1.73. The van der Waals surface area contributed by atoms with Crippen LogP contribution in [0.3, 0.4) is 0 Å². The van der Waals surface area contributed by atoms with Gasteiger partial charge in [-0.1, -0.05) is 38.0 Å². The molecule has 1 aromatic heterocycles. The SMILES string of the molecule is C/C=C\C(=C/CCc1cc2cc(COCC)oc2c(F)c1F)C1CCC(CCC)CC1. The van der Waals surface area contributed by atoms with E-state index >= 15 is 0 Å². The quantitative estimate of drug-likeness (QED) is 0.354. The maximum absolute atomic E-state index is 14.6. The van der Waals surface area contributed by atoms with E-state index in [4.69, 9.17) is 9.15 Å². The summed E-state index contributed by atoms with van der Waals surface area (Å²) in [4.78, 5) is 0. The zero-order chi connectivity index (χ0) is 22.2. The Morgan fingerprint density at radius 2 is 1.90 bits per heavy atom. The van der Waals surface area contributed by atoms with E-state index < -0.39 is 11.6 Å². The van der Waals surface area contributed by atoms with Crippen LogP contribution in [0.2, 0.25) is 0 Å². The molecule has 0 saturated heterocycles. The Balaban J connectivity index is 1.69. The van der Waals surface area contributed by atoms with Crippen molar-refractivity contribution < 1.29 is 17.9 Å². The fourth-order valence-corrected chi connectivity index (χ4v) is 4.83. The standard InChI is InChI=1S/C27H36F2O2/c1-4-8-19-12-14-21(15-13-19)20(9-5-2)10-7-11-22-16-23-17-24(18-30-6-3)31-27(23)26(29)25(22)28/h5,9-10,16-17,19,21H,4,6-8,11-15,18H2,1-3H3/b9-5-,20-10+. The molecule has 31 heavy (non-hydrogen) atoms. The molecule has 1 fully saturated rings. The first-order valence-electron chi connectivity index (χ1n) is 11.9. The van der Waals surface area contributed by atoms with Gasteiger partial charge in [-0.15, -0.1) is 0 Å². The molecule has 1 aliphatic carbocycles. The molecule has 3 rings (SSSR count). The fourth-order valence-electron chi connectivity index (χ4n) is 4.83. The van der Waals surface area contributed by atoms with E-state index in [1.54, 1.807) is 12.1 Å². The van der Waals surface area contributed by atoms with Gasteiger partial charge in [-0.2, -0.15) is 4.39 Å². The number of ether oxygens (including phenoxy) is 1. The van der Waals surface area contributed by atoms with E-state index in [2.05, 4.69) is 25.2 Å². The first-order valence-corrected chi connectivity index (χ1v) is 11.9. The Labute approximate surface area is 185 Å². The van der Waals surface area contributed by atoms with Crippen molar-refractivity contribution in [2.75, 3.05) is 6.61 Å². The van der Waals surface area contributed by atoms with Gasteiger partial charge in [0.25, 0.3) is 0 Å². The van der Waals surface area contributed by atoms with Gasteiger partial charge < -0.3 is 9.15 Å². The molecule has 1 saturated carbocycles. The Kier molecular flexibility index (Phi) is 8.89. The molecule has 0 N–H and O–H groups in total. The number of hydrogen-bond donors (Lipinski definition) is 0. The molecule has 1 heterocycles. The Hall–Kier alpha value is -1.94. The molecule has 0 unspecified atom stereocenters. The Bertz CT molecular complexity index is 902. The molecule has 4 heteroatoms. The van der Waals surface area contributed by atoms with Crippen molar-refractivity contribution in [1.82, 2.24) is 0 Å². The monoisotopic (exact) mass is 430 g/mol. The average molecular weight is 431 g/mol. The van der Waals surface area contributed by atoms with Crippen LogP contribution >= 0.6 is 0 Å². The lowest BCUT2D eigenvalue weighted by Crippen LogP contribution is -2.15. The van der Waals surface area contributed by atoms with Crippen LogP contribution in [0.25, 0.3) is 11.0 Å². The maximum Gasteiger partial charge on any atom is 0.202 e. The normalized spacial score (nSPS) is 20.2. The van der Waals surface area contributed by atoms with Crippen LogP contribution in [0.15, 0.2) is 40.4 Å². The van der Waals surface area contributed by atoms with Gasteiger partial charge in [-0.25, -0.2) is 4.39 Å². The summed E-state index contributed by atoms with van der Waals surface area (Å²) < 4.78 is 40.0. The third-order valence-corrected chi connectivity index (χ3v) is 6.43. The summed E-state index contributed by atoms with van der Waals surface area (Å²) in [5.74, 6) is 0.275. The summed E-state index contributed by atoms with van der Waals surface area (Å²) >= 11 is 0. The highest BCUT2D eigenvalue weighted by Crippen LogP contribution is 2.36. The second kappa shape index (κ2) is 11.6. The summed E-state index contributed by atoms with van der Waals surface area (Å²) in [6.07, 6.45) is 15.3. The van der Waals surface area contributed by atoms with Crippen LogP contribution in [0.4, 0.5) is 8.78 Å². The van der Waals surface area contributed by atoms with Gasteiger partial charge >= 0.3 is 0 Å². The van der Waals surface area contributed by atoms with Gasteiger partial charge in [0.2, 0.25) is 5.82 Å². The summed E-state index contributed by atoms with van der Waals surface area (Å²) in [5, 5.41) is 0.593. The molecule has 2 aromatic rings. The van der Waals surface area contributed by atoms with Gasteiger partial charge in [-0.05, 0) is 87.5 Å². The third-order valence-electron chi connectivity index (χ3n) is 6.43. The molecule has 0 amide bonds. The molecule has 2 nitrogen and oxygen atoms in total. The van der Waals surface area contributed by atoms with Crippen molar-refractivity contribution in [3.05, 3.63) is 58.9 Å². The van der Waals surface area contributed by atoms with E-state index in [0.29, 0.717) is 42.1 Å². The molecular weight excluding hydrogens is 394 g/mol. The number of rotatable bonds is 10. The number of halogens is 2. The van der Waals surface area contributed by atoms with Crippen molar-refractivity contribution in [3.8, 4) is 0 Å². The van der Waals surface area contributed by atoms with Gasteiger partial charge in [-0.3, -0.25) is 0 Å². The average Bonchev–Trinajstić information content (AvgIpc) is 3.19. The number of allylic oxidation sites excluding steroid dienone is 4. The van der Waals surface area contributed by atoms with Gasteiger partial charge in [0, 0.05) is 12.0 Å². The molecule has 1 aromatic carbocycles. The third kappa shape index (κ3) is 6.06. The van der Waals surface area contributed by atoms with E-state index in [9.17, 15) is 8.78 Å². The van der Waals surface area contributed by atoms with Gasteiger partial charge in [0.05, 0.1) is 0 Å². The molecule has 0 aliphatic heterocycles. The smallest absolute Gasteiger partial charge is 0.202 e. The van der Waals surface area contributed by atoms with Crippen LogP contribution in [0.5, 0.6) is 0 Å². The molecule has 1 aliphatic rings. The van der Waals surface area contributed by atoms with Crippen LogP contribution in [-0.4, -0.2) is 6.61 Å². The minimum Gasteiger partial charge on any atom is -0.455 e. The highest BCUT2D eigenvalue weighted by molar-refractivity contribution is 5.79. The van der Waals surface area contributed by atoms with Crippen LogP contribution in [0, 0.1) is 23.5 Å². The first-order chi connectivity index (χ1) is 15.1. The number of fused-ring (bicyclic) bond motifs is 1. The van der Waals surface area contributed by atoms with Crippen molar-refractivity contribution in [2.45, 2.75) is 78.7 Å². The number of furan rings is 1. The zero-order valence-electron chi connectivity index (χ0n) is 19.2. The van der Waals surface area contributed by atoms with E-state index in [-0.39, 0.29) is 12.2 Å². The highest BCUT2D eigenvalue weighted by atomic mass is 19.2. The van der Waals surface area contributed by atoms with E-state index in [1.165, 1.54) is 44.1 Å². The molecule has 170 valence electrons. The topological polar surface area (TPSA) is 22.4 Å². The highest BCUT2D eigenvalue weighted by Gasteiger charge is 2.22. The van der Waals surface area contributed by atoms with Crippen molar-refractivity contribution in [1.29, 1.82) is 0 Å². The lowest BCUT2D eigenvalue weighted by atomic mass is 9.76. The number of aryl methyl sites for hydroxylation is 1. The molecule has 0 spiro atoms. The predicted molar refractivity (Wildman–Crippen MR) is 123 cm³/mol. The summed E-state index contributed by atoms with van der Waals surface area (Å²) in [7, 11) is 0. The van der Waals surface area contributed by atoms with E-state index in [1.807, 2.05) is 13.8 Å². The minimum atomic E-state index is -0.901. The van der Waals surface area contributed by atoms with Crippen LogP contribution < -0.4 is 0 Å². The zero-order valence-corrected chi connectivity index (χ0v) is 19.2. The number of hydrogen-bond acceptors (Lipinski definition) is 2. The Morgan fingerprint density at radius 3 is 2.58 bits per heavy atom. The van der Waals surface area contributed by atoms with Crippen LogP contribution in [0.1, 0.15) is 77.0 Å². The summed E-state index contributed by atoms with van der Waals surface area (Å²) in [6, 6.07) is 3.46. The summed E-state index contributed by atoms with van der Waals surface area (Å²) in [6.45, 7) is 6.99. The van der Waals surface area contributed by atoms with Crippen LogP contribution in [-0.2, 0) is 17.8 Å². The maximum atomic E-state index is 14.6. The largest absolute Gasteiger partial charge is 0.455 e. The van der Waals surface area contributed by atoms with Crippen molar-refractivity contribution in [3.63, 3.8) is 0 Å². The van der Waals surface area contributed by atoms with E-state index in [0.717, 1.165) is 5.92 Å². The minimum absolute atomic E-state index is 0.0232.